The Morgan fingerprint density at radius 3 is 3.00 bits per heavy atom. The molecule has 1 unspecified atom stereocenters. The highest BCUT2D eigenvalue weighted by Crippen LogP contribution is 2.22. The van der Waals surface area contributed by atoms with Crippen molar-refractivity contribution in [1.29, 1.82) is 0 Å². The standard InChI is InChI=1S/C13H19N3O2/c1-2-18-12-6-9(14)5-11(7-12)15-8-10-3-4-13(17)16-10/h5-7,10,15H,2-4,8,14H2,1H3,(H,16,17). The van der Waals surface area contributed by atoms with E-state index in [1.807, 2.05) is 19.1 Å². The van der Waals surface area contributed by atoms with Crippen molar-refractivity contribution in [2.75, 3.05) is 24.2 Å². The zero-order valence-corrected chi connectivity index (χ0v) is 10.5. The van der Waals surface area contributed by atoms with Gasteiger partial charge in [-0.05, 0) is 19.4 Å². The molecule has 1 aliphatic heterocycles. The highest BCUT2D eigenvalue weighted by molar-refractivity contribution is 5.78. The Morgan fingerprint density at radius 1 is 1.50 bits per heavy atom. The van der Waals surface area contributed by atoms with Crippen molar-refractivity contribution in [3.05, 3.63) is 18.2 Å². The van der Waals surface area contributed by atoms with Crippen LogP contribution < -0.4 is 21.1 Å². The topological polar surface area (TPSA) is 76.4 Å². The first-order valence-corrected chi connectivity index (χ1v) is 6.24. The molecule has 1 aromatic carbocycles. The van der Waals surface area contributed by atoms with E-state index in [0.29, 0.717) is 25.3 Å². The van der Waals surface area contributed by atoms with Crippen LogP contribution in [0.2, 0.25) is 0 Å². The SMILES string of the molecule is CCOc1cc(N)cc(NCC2CCC(=O)N2)c1. The number of benzene rings is 1. The van der Waals surface area contributed by atoms with Crippen LogP contribution in [0, 0.1) is 0 Å². The van der Waals surface area contributed by atoms with E-state index < -0.39 is 0 Å². The fourth-order valence-electron chi connectivity index (χ4n) is 2.05. The van der Waals surface area contributed by atoms with Gasteiger partial charge in [-0.1, -0.05) is 0 Å². The molecule has 4 N–H and O–H groups in total. The number of ether oxygens (including phenoxy) is 1. The average Bonchev–Trinajstić information content (AvgIpc) is 2.72. The van der Waals surface area contributed by atoms with E-state index in [-0.39, 0.29) is 11.9 Å². The molecule has 0 aromatic heterocycles. The Hall–Kier alpha value is -1.91. The Kier molecular flexibility index (Phi) is 3.92. The largest absolute Gasteiger partial charge is 0.494 e. The van der Waals surface area contributed by atoms with E-state index in [0.717, 1.165) is 17.9 Å². The number of nitrogens with one attached hydrogen (secondary N) is 2. The highest BCUT2D eigenvalue weighted by atomic mass is 16.5. The van der Waals surface area contributed by atoms with E-state index in [2.05, 4.69) is 10.6 Å². The summed E-state index contributed by atoms with van der Waals surface area (Å²) in [5.74, 6) is 0.889. The number of nitrogen functional groups attached to an aromatic ring is 1. The third-order valence-electron chi connectivity index (χ3n) is 2.88. The van der Waals surface area contributed by atoms with Crippen LogP contribution in [-0.4, -0.2) is 25.1 Å². The molecule has 0 spiro atoms. The molecule has 0 saturated carbocycles. The molecule has 5 nitrogen and oxygen atoms in total. The number of nitrogens with two attached hydrogens (primary N) is 1. The lowest BCUT2D eigenvalue weighted by Crippen LogP contribution is -2.31. The van der Waals surface area contributed by atoms with Crippen LogP contribution in [0.3, 0.4) is 0 Å². The molecular weight excluding hydrogens is 230 g/mol. The van der Waals surface area contributed by atoms with Crippen LogP contribution >= 0.6 is 0 Å². The molecule has 1 heterocycles. The van der Waals surface area contributed by atoms with Crippen molar-refractivity contribution >= 4 is 17.3 Å². The average molecular weight is 249 g/mol. The summed E-state index contributed by atoms with van der Waals surface area (Å²) in [4.78, 5) is 11.1. The van der Waals surface area contributed by atoms with Crippen molar-refractivity contribution in [3.63, 3.8) is 0 Å². The predicted octanol–water partition coefficient (Wildman–Crippen LogP) is 1.36. The smallest absolute Gasteiger partial charge is 0.220 e. The van der Waals surface area contributed by atoms with Crippen LogP contribution in [0.25, 0.3) is 0 Å². The molecule has 0 aliphatic carbocycles. The molecule has 18 heavy (non-hydrogen) atoms. The monoisotopic (exact) mass is 249 g/mol. The third kappa shape index (κ3) is 3.29. The molecule has 1 saturated heterocycles. The van der Waals surface area contributed by atoms with Crippen molar-refractivity contribution in [1.82, 2.24) is 5.32 Å². The minimum atomic E-state index is 0.129. The zero-order valence-electron chi connectivity index (χ0n) is 10.5. The fourth-order valence-corrected chi connectivity index (χ4v) is 2.05. The van der Waals surface area contributed by atoms with Gasteiger partial charge in [0.25, 0.3) is 0 Å². The van der Waals surface area contributed by atoms with Gasteiger partial charge in [0.05, 0.1) is 6.61 Å². The summed E-state index contributed by atoms with van der Waals surface area (Å²) in [5.41, 5.74) is 7.39. The Balaban J connectivity index is 1.94. The van der Waals surface area contributed by atoms with E-state index in [1.54, 1.807) is 6.07 Å². The summed E-state index contributed by atoms with van der Waals surface area (Å²) in [5, 5.41) is 6.19. The summed E-state index contributed by atoms with van der Waals surface area (Å²) in [7, 11) is 0. The summed E-state index contributed by atoms with van der Waals surface area (Å²) >= 11 is 0. The van der Waals surface area contributed by atoms with Gasteiger partial charge in [0.2, 0.25) is 5.91 Å². The molecule has 2 rings (SSSR count). The van der Waals surface area contributed by atoms with Gasteiger partial charge in [0.1, 0.15) is 5.75 Å². The minimum absolute atomic E-state index is 0.129. The van der Waals surface area contributed by atoms with Gasteiger partial charge in [0, 0.05) is 42.5 Å². The normalized spacial score (nSPS) is 18.5. The Labute approximate surface area is 107 Å². The summed E-state index contributed by atoms with van der Waals surface area (Å²) in [6.45, 7) is 3.26. The van der Waals surface area contributed by atoms with Crippen LogP contribution in [0.5, 0.6) is 5.75 Å². The number of carbonyl (C=O) groups excluding carboxylic acids is 1. The maximum absolute atomic E-state index is 11.1. The maximum atomic E-state index is 11.1. The summed E-state index contributed by atoms with van der Waals surface area (Å²) < 4.78 is 5.43. The van der Waals surface area contributed by atoms with E-state index in [4.69, 9.17) is 10.5 Å². The first kappa shape index (κ1) is 12.5. The first-order chi connectivity index (χ1) is 8.67. The van der Waals surface area contributed by atoms with Crippen LogP contribution in [-0.2, 0) is 4.79 Å². The second-order valence-corrected chi connectivity index (χ2v) is 4.41. The number of carbonyl (C=O) groups is 1. The number of hydrogen-bond acceptors (Lipinski definition) is 4. The molecule has 1 aliphatic rings. The lowest BCUT2D eigenvalue weighted by molar-refractivity contribution is -0.119. The summed E-state index contributed by atoms with van der Waals surface area (Å²) in [6, 6.07) is 5.77. The number of rotatable bonds is 5. The van der Waals surface area contributed by atoms with Gasteiger partial charge in [-0.2, -0.15) is 0 Å². The second-order valence-electron chi connectivity index (χ2n) is 4.41. The van der Waals surface area contributed by atoms with Crippen molar-refractivity contribution < 1.29 is 9.53 Å². The van der Waals surface area contributed by atoms with Crippen LogP contribution in [0.15, 0.2) is 18.2 Å². The molecule has 5 heteroatoms. The zero-order chi connectivity index (χ0) is 13.0. The molecular formula is C13H19N3O2. The van der Waals surface area contributed by atoms with E-state index in [1.165, 1.54) is 0 Å². The molecule has 1 fully saturated rings. The van der Waals surface area contributed by atoms with Crippen LogP contribution in [0.1, 0.15) is 19.8 Å². The fraction of sp³-hybridized carbons (Fsp3) is 0.462. The van der Waals surface area contributed by atoms with Crippen molar-refractivity contribution in [2.45, 2.75) is 25.8 Å². The third-order valence-corrected chi connectivity index (χ3v) is 2.88. The number of hydrogen-bond donors (Lipinski definition) is 3. The first-order valence-electron chi connectivity index (χ1n) is 6.24. The quantitative estimate of drug-likeness (QED) is 0.689. The second kappa shape index (κ2) is 5.62. The lowest BCUT2D eigenvalue weighted by atomic mass is 10.2. The van der Waals surface area contributed by atoms with Crippen molar-refractivity contribution in [2.24, 2.45) is 0 Å². The Bertz CT molecular complexity index is 434. The highest BCUT2D eigenvalue weighted by Gasteiger charge is 2.20. The molecule has 98 valence electrons. The van der Waals surface area contributed by atoms with Gasteiger partial charge in [-0.15, -0.1) is 0 Å². The molecule has 0 radical (unpaired) electrons. The van der Waals surface area contributed by atoms with Gasteiger partial charge in [0.15, 0.2) is 0 Å². The number of anilines is 2. The van der Waals surface area contributed by atoms with Gasteiger partial charge in [-0.25, -0.2) is 0 Å². The Morgan fingerprint density at radius 2 is 2.33 bits per heavy atom. The van der Waals surface area contributed by atoms with Gasteiger partial charge < -0.3 is 21.1 Å². The predicted molar refractivity (Wildman–Crippen MR) is 71.7 cm³/mol. The number of amides is 1. The van der Waals surface area contributed by atoms with E-state index >= 15 is 0 Å². The minimum Gasteiger partial charge on any atom is -0.494 e. The van der Waals surface area contributed by atoms with E-state index in [9.17, 15) is 4.79 Å². The maximum Gasteiger partial charge on any atom is 0.220 e. The summed E-state index contributed by atoms with van der Waals surface area (Å²) in [6.07, 6.45) is 1.50. The molecule has 1 atom stereocenters. The molecule has 1 amide bonds. The van der Waals surface area contributed by atoms with Gasteiger partial charge >= 0.3 is 0 Å². The molecule has 0 bridgehead atoms. The van der Waals surface area contributed by atoms with Gasteiger partial charge in [-0.3, -0.25) is 4.79 Å². The van der Waals surface area contributed by atoms with Crippen LogP contribution in [0.4, 0.5) is 11.4 Å². The van der Waals surface area contributed by atoms with Crippen molar-refractivity contribution in [3.8, 4) is 5.75 Å². The lowest BCUT2D eigenvalue weighted by Gasteiger charge is -2.14. The molecule has 1 aromatic rings.